The lowest BCUT2D eigenvalue weighted by atomic mass is 9.67. The summed E-state index contributed by atoms with van der Waals surface area (Å²) in [6, 6.07) is 74.1. The first kappa shape index (κ1) is 32.5. The number of fused-ring (bicyclic) bond motifs is 6. The number of benzene rings is 10. The molecule has 10 aromatic carbocycles. The van der Waals surface area contributed by atoms with Crippen molar-refractivity contribution < 1.29 is 0 Å². The third-order valence-electron chi connectivity index (χ3n) is 12.2. The maximum Gasteiger partial charge on any atom is 0.0546 e. The Morgan fingerprint density at radius 2 is 0.982 bits per heavy atom. The monoisotopic (exact) mass is 713 g/mol. The fourth-order valence-electron chi connectivity index (χ4n) is 9.49. The Labute approximate surface area is 327 Å². The number of hydrogen-bond donors (Lipinski definition) is 0. The van der Waals surface area contributed by atoms with Crippen LogP contribution in [0.5, 0.6) is 0 Å². The molecule has 0 aliphatic heterocycles. The molecule has 0 aromatic heterocycles. The van der Waals surface area contributed by atoms with Crippen LogP contribution in [0.25, 0.3) is 76.5 Å². The average molecular weight is 714 g/mol. The molecule has 1 aliphatic carbocycles. The van der Waals surface area contributed by atoms with Gasteiger partial charge in [-0.3, -0.25) is 0 Å². The van der Waals surface area contributed by atoms with Crippen LogP contribution in [0.4, 0.5) is 17.1 Å². The molecule has 0 amide bonds. The molecule has 1 nitrogen and oxygen atoms in total. The van der Waals surface area contributed by atoms with E-state index in [0.717, 1.165) is 11.4 Å². The zero-order valence-corrected chi connectivity index (χ0v) is 31.5. The lowest BCUT2D eigenvalue weighted by Gasteiger charge is -2.38. The van der Waals surface area contributed by atoms with Crippen LogP contribution in [-0.4, -0.2) is 0 Å². The number of nitrogens with zero attached hydrogens (tertiary/aromatic N) is 1. The zero-order valence-electron chi connectivity index (χ0n) is 31.5. The maximum absolute atomic E-state index is 2.53. The minimum Gasteiger partial charge on any atom is -0.309 e. The Morgan fingerprint density at radius 1 is 0.357 bits per heavy atom. The first-order valence-corrected chi connectivity index (χ1v) is 19.6. The van der Waals surface area contributed by atoms with Gasteiger partial charge in [-0.25, -0.2) is 0 Å². The van der Waals surface area contributed by atoms with Crippen molar-refractivity contribution in [3.8, 4) is 33.4 Å². The molecule has 0 radical (unpaired) electrons. The van der Waals surface area contributed by atoms with Gasteiger partial charge in [0.2, 0.25) is 0 Å². The zero-order chi connectivity index (χ0) is 37.4. The van der Waals surface area contributed by atoms with Crippen molar-refractivity contribution in [2.75, 3.05) is 4.90 Å². The number of rotatable bonds is 5. The summed E-state index contributed by atoms with van der Waals surface area (Å²) in [6.45, 7) is 4.79. The molecule has 10 aromatic rings. The molecule has 0 spiro atoms. The fraction of sp³-hybridized carbons (Fsp3) is 0.0545. The molecule has 11 rings (SSSR count). The van der Waals surface area contributed by atoms with Gasteiger partial charge in [0.25, 0.3) is 0 Å². The molecule has 0 unspecified atom stereocenters. The summed E-state index contributed by atoms with van der Waals surface area (Å²) >= 11 is 0. The van der Waals surface area contributed by atoms with E-state index < -0.39 is 0 Å². The Morgan fingerprint density at radius 3 is 1.80 bits per heavy atom. The van der Waals surface area contributed by atoms with Gasteiger partial charge < -0.3 is 4.90 Å². The van der Waals surface area contributed by atoms with E-state index in [0.29, 0.717) is 0 Å². The first-order chi connectivity index (χ1) is 27.5. The highest BCUT2D eigenvalue weighted by atomic mass is 15.1. The topological polar surface area (TPSA) is 3.24 Å². The third kappa shape index (κ3) is 4.94. The van der Waals surface area contributed by atoms with Crippen molar-refractivity contribution in [1.29, 1.82) is 0 Å². The first-order valence-electron chi connectivity index (χ1n) is 19.6. The molecule has 0 N–H and O–H groups in total. The maximum atomic E-state index is 2.53. The van der Waals surface area contributed by atoms with E-state index in [1.807, 2.05) is 0 Å². The van der Waals surface area contributed by atoms with E-state index in [2.05, 4.69) is 219 Å². The summed E-state index contributed by atoms with van der Waals surface area (Å²) in [4.78, 5) is 2.53. The summed E-state index contributed by atoms with van der Waals surface area (Å²) in [5.41, 5.74) is 13.4. The second kappa shape index (κ2) is 12.5. The molecule has 0 saturated heterocycles. The molecule has 0 fully saturated rings. The van der Waals surface area contributed by atoms with Crippen LogP contribution in [0.1, 0.15) is 25.0 Å². The van der Waals surface area contributed by atoms with Crippen LogP contribution in [-0.2, 0) is 5.41 Å². The fourth-order valence-corrected chi connectivity index (χ4v) is 9.49. The van der Waals surface area contributed by atoms with Crippen molar-refractivity contribution >= 4 is 60.2 Å². The Kier molecular flexibility index (Phi) is 7.28. The third-order valence-corrected chi connectivity index (χ3v) is 12.2. The van der Waals surface area contributed by atoms with Crippen LogP contribution in [0, 0.1) is 0 Å². The summed E-state index contributed by atoms with van der Waals surface area (Å²) in [5, 5.41) is 10.1. The van der Waals surface area contributed by atoms with Gasteiger partial charge in [0.05, 0.1) is 11.4 Å². The Bertz CT molecular complexity index is 3150. The van der Waals surface area contributed by atoms with Crippen molar-refractivity contribution in [2.24, 2.45) is 0 Å². The highest BCUT2D eigenvalue weighted by Gasteiger charge is 2.36. The highest BCUT2D eigenvalue weighted by molar-refractivity contribution is 6.17. The molecular formula is C55H39N. The molecule has 56 heavy (non-hydrogen) atoms. The van der Waals surface area contributed by atoms with Crippen LogP contribution in [0.3, 0.4) is 0 Å². The predicted octanol–water partition coefficient (Wildman–Crippen LogP) is 15.4. The second-order valence-corrected chi connectivity index (χ2v) is 15.7. The normalized spacial score (nSPS) is 13.0. The van der Waals surface area contributed by atoms with Gasteiger partial charge >= 0.3 is 0 Å². The smallest absolute Gasteiger partial charge is 0.0546 e. The largest absolute Gasteiger partial charge is 0.309 e. The van der Waals surface area contributed by atoms with E-state index in [4.69, 9.17) is 0 Å². The van der Waals surface area contributed by atoms with Gasteiger partial charge in [0.1, 0.15) is 0 Å². The Balaban J connectivity index is 1.24. The van der Waals surface area contributed by atoms with E-state index in [-0.39, 0.29) is 5.41 Å². The van der Waals surface area contributed by atoms with Gasteiger partial charge in [0.15, 0.2) is 0 Å². The second-order valence-electron chi connectivity index (χ2n) is 15.7. The quantitative estimate of drug-likeness (QED) is 0.161. The minimum atomic E-state index is -0.199. The minimum absolute atomic E-state index is 0.199. The summed E-state index contributed by atoms with van der Waals surface area (Å²) in [5.74, 6) is 0. The SMILES string of the molecule is CC1(C)c2ccc(-c3cccc4ccccc34)cc2-c2c(N(c3ccc(-c4ccccc4)cc3)c3cc4ccccc4c4ccccc34)ccc3cccc1c23. The lowest BCUT2D eigenvalue weighted by Crippen LogP contribution is -2.24. The standard InChI is InChI=1S/C55H39N/c1-55(2)49-32-28-41(44-24-12-18-38-16-6-8-20-43(38)44)34-48(49)54-51(33-29-39-19-13-25-50(55)53(39)54)56(42-30-26-37(27-31-42)36-14-4-3-5-15-36)52-35-40-17-7-9-21-45(40)46-22-10-11-23-47(46)52/h3-35H,1-2H3. The molecule has 264 valence electrons. The van der Waals surface area contributed by atoms with E-state index >= 15 is 0 Å². The Hall–Kier alpha value is -6.96. The lowest BCUT2D eigenvalue weighted by molar-refractivity contribution is 0.645. The average Bonchev–Trinajstić information content (AvgIpc) is 3.26. The highest BCUT2D eigenvalue weighted by Crippen LogP contribution is 2.55. The van der Waals surface area contributed by atoms with Crippen molar-refractivity contribution in [3.05, 3.63) is 211 Å². The van der Waals surface area contributed by atoms with Crippen molar-refractivity contribution in [1.82, 2.24) is 0 Å². The molecule has 0 heterocycles. The van der Waals surface area contributed by atoms with Gasteiger partial charge in [-0.05, 0) is 107 Å². The van der Waals surface area contributed by atoms with Crippen molar-refractivity contribution in [3.63, 3.8) is 0 Å². The predicted molar refractivity (Wildman–Crippen MR) is 240 cm³/mol. The van der Waals surface area contributed by atoms with Crippen LogP contribution >= 0.6 is 0 Å². The summed E-state index contributed by atoms with van der Waals surface area (Å²) < 4.78 is 0. The van der Waals surface area contributed by atoms with E-state index in [1.54, 1.807) is 0 Å². The molecule has 1 aliphatic rings. The number of hydrogen-bond acceptors (Lipinski definition) is 1. The van der Waals surface area contributed by atoms with Gasteiger partial charge in [-0.1, -0.05) is 184 Å². The molecule has 0 saturated carbocycles. The molecule has 0 atom stereocenters. The van der Waals surface area contributed by atoms with Gasteiger partial charge in [-0.2, -0.15) is 0 Å². The van der Waals surface area contributed by atoms with E-state index in [1.165, 1.54) is 93.3 Å². The van der Waals surface area contributed by atoms with Crippen LogP contribution in [0.15, 0.2) is 200 Å². The van der Waals surface area contributed by atoms with Gasteiger partial charge in [-0.15, -0.1) is 0 Å². The molecule has 0 bridgehead atoms. The van der Waals surface area contributed by atoms with E-state index in [9.17, 15) is 0 Å². The molecular weight excluding hydrogens is 675 g/mol. The van der Waals surface area contributed by atoms with Gasteiger partial charge in [0, 0.05) is 22.1 Å². The molecule has 1 heteroatoms. The number of anilines is 3. The summed E-state index contributed by atoms with van der Waals surface area (Å²) in [6.07, 6.45) is 0. The van der Waals surface area contributed by atoms with Crippen LogP contribution < -0.4 is 4.90 Å². The van der Waals surface area contributed by atoms with Crippen LogP contribution in [0.2, 0.25) is 0 Å². The van der Waals surface area contributed by atoms with Crippen molar-refractivity contribution in [2.45, 2.75) is 19.3 Å². The summed E-state index contributed by atoms with van der Waals surface area (Å²) in [7, 11) is 0.